The van der Waals surface area contributed by atoms with Crippen LogP contribution < -0.4 is 5.32 Å². The van der Waals surface area contributed by atoms with Crippen molar-refractivity contribution in [1.82, 2.24) is 25.0 Å². The average Bonchev–Trinajstić information content (AvgIpc) is 3.71. The summed E-state index contributed by atoms with van der Waals surface area (Å²) in [6, 6.07) is 19.3. The van der Waals surface area contributed by atoms with Crippen LogP contribution in [0.25, 0.3) is 22.4 Å². The van der Waals surface area contributed by atoms with Gasteiger partial charge in [-0.25, -0.2) is 0 Å². The summed E-state index contributed by atoms with van der Waals surface area (Å²) in [5.41, 5.74) is 4.74. The summed E-state index contributed by atoms with van der Waals surface area (Å²) in [4.78, 5) is 28.0. The van der Waals surface area contributed by atoms with Gasteiger partial charge < -0.3 is 14.8 Å². The SMILES string of the molecule is CN(CCn1cc(-c2n[nH]cc2-c2ccccc2Cl)cc1C(=O)NCc1ccccc1)C(=O)C1CCSS1. The van der Waals surface area contributed by atoms with E-state index in [4.69, 9.17) is 11.6 Å². The van der Waals surface area contributed by atoms with Crippen molar-refractivity contribution in [1.29, 1.82) is 0 Å². The lowest BCUT2D eigenvalue weighted by Crippen LogP contribution is -2.36. The van der Waals surface area contributed by atoms with Gasteiger partial charge in [0.2, 0.25) is 5.91 Å². The summed E-state index contributed by atoms with van der Waals surface area (Å²) in [5, 5.41) is 11.1. The number of carbonyl (C=O) groups excluding carboxylic acids is 2. The maximum atomic E-state index is 13.4. The van der Waals surface area contributed by atoms with Crippen LogP contribution in [-0.2, 0) is 17.9 Å². The molecule has 0 radical (unpaired) electrons. The third kappa shape index (κ3) is 5.95. The number of aromatic nitrogens is 3. The number of carbonyl (C=O) groups is 2. The van der Waals surface area contributed by atoms with Crippen LogP contribution in [0.4, 0.5) is 0 Å². The minimum absolute atomic E-state index is 0.00102. The van der Waals surface area contributed by atoms with Crippen LogP contribution in [0.15, 0.2) is 73.1 Å². The molecule has 1 aliphatic heterocycles. The van der Waals surface area contributed by atoms with Crippen molar-refractivity contribution in [3.63, 3.8) is 0 Å². The van der Waals surface area contributed by atoms with E-state index in [0.29, 0.717) is 36.0 Å². The van der Waals surface area contributed by atoms with Crippen molar-refractivity contribution in [3.8, 4) is 22.4 Å². The topological polar surface area (TPSA) is 83.0 Å². The van der Waals surface area contributed by atoms with Gasteiger partial charge in [-0.2, -0.15) is 5.10 Å². The molecule has 0 spiro atoms. The second-order valence-electron chi connectivity index (χ2n) is 9.06. The zero-order valence-corrected chi connectivity index (χ0v) is 23.3. The summed E-state index contributed by atoms with van der Waals surface area (Å²) in [7, 11) is 5.22. The number of rotatable bonds is 9. The highest BCUT2D eigenvalue weighted by molar-refractivity contribution is 8.77. The highest BCUT2D eigenvalue weighted by Gasteiger charge is 2.27. The molecule has 2 aromatic carbocycles. The molecule has 1 fully saturated rings. The first-order chi connectivity index (χ1) is 18.5. The van der Waals surface area contributed by atoms with Crippen LogP contribution >= 0.6 is 33.2 Å². The largest absolute Gasteiger partial charge is 0.347 e. The molecular weight excluding hydrogens is 538 g/mol. The van der Waals surface area contributed by atoms with Crippen molar-refractivity contribution in [2.24, 2.45) is 0 Å². The van der Waals surface area contributed by atoms with Gasteiger partial charge in [0.05, 0.1) is 5.25 Å². The van der Waals surface area contributed by atoms with E-state index in [1.165, 1.54) is 0 Å². The van der Waals surface area contributed by atoms with E-state index in [1.807, 2.05) is 84.7 Å². The molecule has 5 rings (SSSR count). The Kier molecular flexibility index (Phi) is 8.46. The smallest absolute Gasteiger partial charge is 0.268 e. The van der Waals surface area contributed by atoms with Gasteiger partial charge in [-0.1, -0.05) is 81.7 Å². The molecule has 1 atom stereocenters. The molecule has 7 nitrogen and oxygen atoms in total. The zero-order valence-electron chi connectivity index (χ0n) is 20.9. The van der Waals surface area contributed by atoms with Crippen LogP contribution in [0.1, 0.15) is 22.5 Å². The number of hydrogen-bond donors (Lipinski definition) is 2. The van der Waals surface area contributed by atoms with Crippen LogP contribution in [0.2, 0.25) is 5.02 Å². The minimum atomic E-state index is -0.188. The molecule has 10 heteroatoms. The second kappa shape index (κ2) is 12.1. The summed E-state index contributed by atoms with van der Waals surface area (Å²) in [6.45, 7) is 1.39. The van der Waals surface area contributed by atoms with Gasteiger partial charge >= 0.3 is 0 Å². The summed E-state index contributed by atoms with van der Waals surface area (Å²) in [6.07, 6.45) is 4.63. The van der Waals surface area contributed by atoms with Crippen LogP contribution in [0.5, 0.6) is 0 Å². The molecule has 38 heavy (non-hydrogen) atoms. The molecule has 2 amide bonds. The van der Waals surface area contributed by atoms with Gasteiger partial charge in [0.15, 0.2) is 0 Å². The standard InChI is InChI=1S/C28H28ClN5O2S2/c1-33(28(36)25-11-14-37-38-25)12-13-34-18-20(15-24(34)27(35)30-16-19-7-3-2-4-8-19)26-22(17-31-32-26)21-9-5-6-10-23(21)29/h2-10,15,17-18,25H,11-14,16H2,1H3,(H,30,35)(H,31,32). The van der Waals surface area contributed by atoms with Crippen LogP contribution in [0.3, 0.4) is 0 Å². The zero-order chi connectivity index (χ0) is 26.5. The highest BCUT2D eigenvalue weighted by Crippen LogP contribution is 2.38. The Labute approximate surface area is 234 Å². The fourth-order valence-electron chi connectivity index (χ4n) is 4.39. The minimum Gasteiger partial charge on any atom is -0.347 e. The Balaban J connectivity index is 1.41. The van der Waals surface area contributed by atoms with E-state index >= 15 is 0 Å². The number of amides is 2. The van der Waals surface area contributed by atoms with E-state index in [2.05, 4.69) is 15.5 Å². The number of likely N-dealkylation sites (N-methyl/N-ethyl adjacent to an activating group) is 1. The number of nitrogens with one attached hydrogen (secondary N) is 2. The number of H-pyrrole nitrogens is 1. The van der Waals surface area contributed by atoms with Gasteiger partial charge in [-0.15, -0.1) is 0 Å². The molecule has 0 saturated carbocycles. The quantitative estimate of drug-likeness (QED) is 0.253. The molecule has 0 bridgehead atoms. The fraction of sp³-hybridized carbons (Fsp3) is 0.250. The third-order valence-electron chi connectivity index (χ3n) is 6.48. The lowest BCUT2D eigenvalue weighted by atomic mass is 10.0. The highest BCUT2D eigenvalue weighted by atomic mass is 35.5. The first-order valence-electron chi connectivity index (χ1n) is 12.4. The van der Waals surface area contributed by atoms with Gasteiger partial charge in [-0.05, 0) is 24.1 Å². The number of benzene rings is 2. The maximum absolute atomic E-state index is 13.4. The Morgan fingerprint density at radius 1 is 1.16 bits per heavy atom. The second-order valence-corrected chi connectivity index (χ2v) is 12.2. The van der Waals surface area contributed by atoms with E-state index in [1.54, 1.807) is 26.5 Å². The summed E-state index contributed by atoms with van der Waals surface area (Å²) < 4.78 is 1.90. The Hall–Kier alpha value is -3.14. The predicted molar refractivity (Wildman–Crippen MR) is 156 cm³/mol. The molecular formula is C28H28ClN5O2S2. The van der Waals surface area contributed by atoms with E-state index < -0.39 is 0 Å². The molecule has 2 N–H and O–H groups in total. The van der Waals surface area contributed by atoms with E-state index in [0.717, 1.165) is 34.4 Å². The van der Waals surface area contributed by atoms with Crippen LogP contribution in [0, 0.1) is 0 Å². The van der Waals surface area contributed by atoms with Gasteiger partial charge in [0.1, 0.15) is 11.4 Å². The van der Waals surface area contributed by atoms with Crippen LogP contribution in [-0.4, -0.2) is 56.1 Å². The van der Waals surface area contributed by atoms with Crippen molar-refractivity contribution >= 4 is 45.0 Å². The normalized spacial score (nSPS) is 14.9. The van der Waals surface area contributed by atoms with E-state index in [9.17, 15) is 9.59 Å². The fourth-order valence-corrected chi connectivity index (χ4v) is 7.45. The number of halogens is 1. The predicted octanol–water partition coefficient (Wildman–Crippen LogP) is 5.74. The first kappa shape index (κ1) is 26.5. The van der Waals surface area contributed by atoms with Gasteiger partial charge in [0.25, 0.3) is 5.91 Å². The van der Waals surface area contributed by atoms with E-state index in [-0.39, 0.29) is 17.1 Å². The maximum Gasteiger partial charge on any atom is 0.268 e. The molecule has 2 aromatic heterocycles. The summed E-state index contributed by atoms with van der Waals surface area (Å²) in [5.74, 6) is 0.946. The molecule has 196 valence electrons. The number of aromatic amines is 1. The summed E-state index contributed by atoms with van der Waals surface area (Å²) >= 11 is 6.48. The molecule has 1 saturated heterocycles. The van der Waals surface area contributed by atoms with Gasteiger partial charge in [-0.3, -0.25) is 14.7 Å². The Morgan fingerprint density at radius 2 is 1.95 bits per heavy atom. The number of hydrogen-bond acceptors (Lipinski definition) is 5. The van der Waals surface area contributed by atoms with Crippen molar-refractivity contribution in [3.05, 3.63) is 89.3 Å². The van der Waals surface area contributed by atoms with Crippen molar-refractivity contribution in [2.75, 3.05) is 19.3 Å². The molecule has 1 aliphatic rings. The van der Waals surface area contributed by atoms with Gasteiger partial charge in [0, 0.05) is 66.5 Å². The molecule has 3 heterocycles. The molecule has 4 aromatic rings. The van der Waals surface area contributed by atoms with Crippen molar-refractivity contribution in [2.45, 2.75) is 24.8 Å². The Morgan fingerprint density at radius 3 is 2.71 bits per heavy atom. The lowest BCUT2D eigenvalue weighted by Gasteiger charge is -2.21. The average molecular weight is 566 g/mol. The van der Waals surface area contributed by atoms with Crippen molar-refractivity contribution < 1.29 is 9.59 Å². The molecule has 0 aliphatic carbocycles. The molecule has 1 unspecified atom stereocenters. The lowest BCUT2D eigenvalue weighted by molar-refractivity contribution is -0.129. The third-order valence-corrected chi connectivity index (χ3v) is 9.62. The monoisotopic (exact) mass is 565 g/mol. The first-order valence-corrected chi connectivity index (χ1v) is 15.1. The number of nitrogens with zero attached hydrogens (tertiary/aromatic N) is 3. The Bertz CT molecular complexity index is 1420.